The molecule has 2 aromatic rings. The minimum Gasteiger partial charge on any atom is -0.497 e. The van der Waals surface area contributed by atoms with Gasteiger partial charge < -0.3 is 20.3 Å². The van der Waals surface area contributed by atoms with Gasteiger partial charge in [-0.3, -0.25) is 0 Å². The number of hydrogen-bond donors (Lipinski definition) is 2. The van der Waals surface area contributed by atoms with Crippen LogP contribution in [0.25, 0.3) is 0 Å². The molecule has 0 spiro atoms. The molecule has 0 bridgehead atoms. The Bertz CT molecular complexity index is 726. The van der Waals surface area contributed by atoms with Crippen molar-refractivity contribution in [3.05, 3.63) is 54.1 Å². The van der Waals surface area contributed by atoms with E-state index in [-0.39, 0.29) is 12.6 Å². The average molecular weight is 323 g/mol. The van der Waals surface area contributed by atoms with E-state index in [0.717, 1.165) is 17.0 Å². The minimum atomic E-state index is -0.294. The second kappa shape index (κ2) is 8.49. The zero-order chi connectivity index (χ0) is 17.4. The molecule has 0 unspecified atom stereocenters. The van der Waals surface area contributed by atoms with Gasteiger partial charge in [-0.05, 0) is 48.5 Å². The summed E-state index contributed by atoms with van der Waals surface area (Å²) in [5.41, 5.74) is 2.73. The van der Waals surface area contributed by atoms with Gasteiger partial charge in [0.2, 0.25) is 0 Å². The number of amides is 2. The molecule has 2 N–H and O–H groups in total. The largest absolute Gasteiger partial charge is 0.497 e. The first kappa shape index (κ1) is 17.2. The van der Waals surface area contributed by atoms with Gasteiger partial charge in [0.05, 0.1) is 13.7 Å². The molecule has 0 saturated heterocycles. The number of hydrogen-bond acceptors (Lipinski definition) is 3. The number of anilines is 2. The van der Waals surface area contributed by atoms with Crippen molar-refractivity contribution in [2.45, 2.75) is 0 Å². The van der Waals surface area contributed by atoms with E-state index < -0.39 is 0 Å². The number of benzene rings is 2. The van der Waals surface area contributed by atoms with Crippen molar-refractivity contribution in [2.75, 3.05) is 38.0 Å². The highest BCUT2D eigenvalue weighted by molar-refractivity contribution is 5.89. The topological polar surface area (TPSA) is 53.6 Å². The van der Waals surface area contributed by atoms with Crippen molar-refractivity contribution in [1.29, 1.82) is 0 Å². The van der Waals surface area contributed by atoms with E-state index in [1.165, 1.54) is 0 Å². The second-order valence-corrected chi connectivity index (χ2v) is 5.28. The number of nitrogens with one attached hydrogen (secondary N) is 2. The third kappa shape index (κ3) is 5.25. The van der Waals surface area contributed by atoms with Gasteiger partial charge in [0.1, 0.15) is 5.75 Å². The summed E-state index contributed by atoms with van der Waals surface area (Å²) in [5.74, 6) is 6.69. The summed E-state index contributed by atoms with van der Waals surface area (Å²) in [5, 5.41) is 5.43. The van der Waals surface area contributed by atoms with Gasteiger partial charge in [-0.15, -0.1) is 0 Å². The molecule has 2 rings (SSSR count). The molecule has 0 saturated carbocycles. The lowest BCUT2D eigenvalue weighted by Gasteiger charge is -2.11. The molecule has 0 aliphatic carbocycles. The lowest BCUT2D eigenvalue weighted by atomic mass is 10.2. The van der Waals surface area contributed by atoms with Gasteiger partial charge in [0, 0.05) is 31.0 Å². The van der Waals surface area contributed by atoms with Gasteiger partial charge >= 0.3 is 6.03 Å². The Morgan fingerprint density at radius 1 is 1.08 bits per heavy atom. The Morgan fingerprint density at radius 2 is 1.75 bits per heavy atom. The summed E-state index contributed by atoms with van der Waals surface area (Å²) in [6, 6.07) is 14.8. The molecular formula is C19H21N3O2. The van der Waals surface area contributed by atoms with Crippen molar-refractivity contribution in [1.82, 2.24) is 5.32 Å². The monoisotopic (exact) mass is 323 g/mol. The summed E-state index contributed by atoms with van der Waals surface area (Å²) in [7, 11) is 5.58. The summed E-state index contributed by atoms with van der Waals surface area (Å²) >= 11 is 0. The lowest BCUT2D eigenvalue weighted by molar-refractivity contribution is 0.253. The molecule has 0 heterocycles. The molecule has 5 heteroatoms. The minimum absolute atomic E-state index is 0.275. The SMILES string of the molecule is COc1ccc(NC(=O)NCC#Cc2ccc(N(C)C)cc2)cc1. The van der Waals surface area contributed by atoms with Crippen LogP contribution in [-0.2, 0) is 0 Å². The second-order valence-electron chi connectivity index (χ2n) is 5.28. The quantitative estimate of drug-likeness (QED) is 0.851. The molecule has 0 aliphatic heterocycles. The third-order valence-corrected chi connectivity index (χ3v) is 3.30. The first-order valence-electron chi connectivity index (χ1n) is 7.53. The van der Waals surface area contributed by atoms with E-state index in [2.05, 4.69) is 22.5 Å². The molecule has 2 amide bonds. The van der Waals surface area contributed by atoms with E-state index in [1.807, 2.05) is 43.3 Å². The number of carbonyl (C=O) groups excluding carboxylic acids is 1. The maximum atomic E-state index is 11.8. The summed E-state index contributed by atoms with van der Waals surface area (Å²) in [6.07, 6.45) is 0. The maximum Gasteiger partial charge on any atom is 0.319 e. The normalized spacial score (nSPS) is 9.46. The van der Waals surface area contributed by atoms with Crippen molar-refractivity contribution < 1.29 is 9.53 Å². The van der Waals surface area contributed by atoms with Crippen LogP contribution in [0, 0.1) is 11.8 Å². The van der Waals surface area contributed by atoms with Crippen LogP contribution >= 0.6 is 0 Å². The first-order chi connectivity index (χ1) is 11.6. The molecule has 24 heavy (non-hydrogen) atoms. The summed E-state index contributed by atoms with van der Waals surface area (Å²) in [4.78, 5) is 13.8. The standard InChI is InChI=1S/C19H21N3O2/c1-22(2)17-10-6-15(7-11-17)5-4-14-20-19(23)21-16-8-12-18(24-3)13-9-16/h6-13H,14H2,1-3H3,(H2,20,21,23). The Balaban J connectivity index is 1.80. The molecule has 124 valence electrons. The van der Waals surface area contributed by atoms with E-state index >= 15 is 0 Å². The lowest BCUT2D eigenvalue weighted by Crippen LogP contribution is -2.28. The fourth-order valence-electron chi connectivity index (χ4n) is 1.96. The van der Waals surface area contributed by atoms with E-state index in [0.29, 0.717) is 5.69 Å². The fourth-order valence-corrected chi connectivity index (χ4v) is 1.96. The van der Waals surface area contributed by atoms with Crippen LogP contribution in [0.5, 0.6) is 5.75 Å². The molecule has 0 radical (unpaired) electrons. The Morgan fingerprint density at radius 3 is 2.33 bits per heavy atom. The van der Waals surface area contributed by atoms with Crippen molar-refractivity contribution in [2.24, 2.45) is 0 Å². The smallest absolute Gasteiger partial charge is 0.319 e. The van der Waals surface area contributed by atoms with E-state index in [1.54, 1.807) is 31.4 Å². The Labute approximate surface area is 142 Å². The number of rotatable bonds is 4. The molecule has 2 aromatic carbocycles. The Hall–Kier alpha value is -3.13. The highest BCUT2D eigenvalue weighted by atomic mass is 16.5. The molecule has 0 aliphatic rings. The van der Waals surface area contributed by atoms with Gasteiger partial charge in [-0.25, -0.2) is 4.79 Å². The first-order valence-corrected chi connectivity index (χ1v) is 7.53. The predicted molar refractivity (Wildman–Crippen MR) is 97.7 cm³/mol. The van der Waals surface area contributed by atoms with Crippen molar-refractivity contribution >= 4 is 17.4 Å². The number of nitrogens with zero attached hydrogens (tertiary/aromatic N) is 1. The van der Waals surface area contributed by atoms with E-state index in [9.17, 15) is 4.79 Å². The van der Waals surface area contributed by atoms with Crippen LogP contribution in [0.4, 0.5) is 16.2 Å². The Kier molecular flexibility index (Phi) is 6.09. The molecule has 0 aromatic heterocycles. The van der Waals surface area contributed by atoms with E-state index in [4.69, 9.17) is 4.74 Å². The van der Waals surface area contributed by atoms with Gasteiger partial charge in [-0.1, -0.05) is 11.8 Å². The molecule has 0 atom stereocenters. The van der Waals surface area contributed by atoms with Crippen LogP contribution in [0.3, 0.4) is 0 Å². The summed E-state index contributed by atoms with van der Waals surface area (Å²) < 4.78 is 5.07. The van der Waals surface area contributed by atoms with Crippen LogP contribution in [0.2, 0.25) is 0 Å². The predicted octanol–water partition coefficient (Wildman–Crippen LogP) is 2.93. The van der Waals surface area contributed by atoms with Gasteiger partial charge in [-0.2, -0.15) is 0 Å². The number of ether oxygens (including phenoxy) is 1. The van der Waals surface area contributed by atoms with Crippen LogP contribution in [-0.4, -0.2) is 33.8 Å². The fraction of sp³-hybridized carbons (Fsp3) is 0.211. The number of urea groups is 1. The highest BCUT2D eigenvalue weighted by Crippen LogP contribution is 2.14. The third-order valence-electron chi connectivity index (χ3n) is 3.30. The van der Waals surface area contributed by atoms with Crippen LogP contribution in [0.1, 0.15) is 5.56 Å². The maximum absolute atomic E-state index is 11.8. The van der Waals surface area contributed by atoms with Crippen molar-refractivity contribution in [3.8, 4) is 17.6 Å². The highest BCUT2D eigenvalue weighted by Gasteiger charge is 2.00. The van der Waals surface area contributed by atoms with Gasteiger partial charge in [0.15, 0.2) is 0 Å². The van der Waals surface area contributed by atoms with Crippen molar-refractivity contribution in [3.63, 3.8) is 0 Å². The molecule has 5 nitrogen and oxygen atoms in total. The molecular weight excluding hydrogens is 302 g/mol. The zero-order valence-electron chi connectivity index (χ0n) is 14.1. The van der Waals surface area contributed by atoms with Crippen LogP contribution in [0.15, 0.2) is 48.5 Å². The zero-order valence-corrected chi connectivity index (χ0v) is 14.1. The van der Waals surface area contributed by atoms with Gasteiger partial charge in [0.25, 0.3) is 0 Å². The number of carbonyl (C=O) groups is 1. The number of methoxy groups -OCH3 is 1. The molecule has 0 fully saturated rings. The van der Waals surface area contributed by atoms with Crippen LogP contribution < -0.4 is 20.3 Å². The summed E-state index contributed by atoms with van der Waals surface area (Å²) in [6.45, 7) is 0.275. The average Bonchev–Trinajstić information content (AvgIpc) is 2.60.